The predicted molar refractivity (Wildman–Crippen MR) is 73.9 cm³/mol. The Morgan fingerprint density at radius 1 is 1.39 bits per heavy atom. The third-order valence-electron chi connectivity index (χ3n) is 3.56. The highest BCUT2D eigenvalue weighted by atomic mass is 16.1. The molecular formula is C15H22N2O. The third-order valence-corrected chi connectivity index (χ3v) is 3.56. The lowest BCUT2D eigenvalue weighted by Crippen LogP contribution is -2.43. The van der Waals surface area contributed by atoms with Crippen LogP contribution in [0.5, 0.6) is 0 Å². The van der Waals surface area contributed by atoms with Crippen molar-refractivity contribution >= 4 is 5.91 Å². The van der Waals surface area contributed by atoms with Gasteiger partial charge in [0.1, 0.15) is 0 Å². The maximum atomic E-state index is 12.1. The first kappa shape index (κ1) is 13.1. The van der Waals surface area contributed by atoms with Gasteiger partial charge in [0.2, 0.25) is 0 Å². The van der Waals surface area contributed by atoms with E-state index in [2.05, 4.69) is 10.6 Å². The summed E-state index contributed by atoms with van der Waals surface area (Å²) in [4.78, 5) is 12.1. The van der Waals surface area contributed by atoms with E-state index in [-0.39, 0.29) is 5.91 Å². The summed E-state index contributed by atoms with van der Waals surface area (Å²) in [5, 5.41) is 6.47. The molecule has 1 aromatic carbocycles. The molecular weight excluding hydrogens is 224 g/mol. The minimum atomic E-state index is 0.0450. The first-order chi connectivity index (χ1) is 8.66. The fourth-order valence-electron chi connectivity index (χ4n) is 2.39. The summed E-state index contributed by atoms with van der Waals surface area (Å²) >= 11 is 0. The van der Waals surface area contributed by atoms with Crippen LogP contribution in [0.3, 0.4) is 0 Å². The van der Waals surface area contributed by atoms with Crippen LogP contribution in [0.2, 0.25) is 0 Å². The standard InChI is InChI=1S/C15H22N2O/c1-11-6-7-12(2)14(9-11)15(18)17-10-13-5-3-4-8-16-13/h6-7,9,13,16H,3-5,8,10H2,1-2H3,(H,17,18). The van der Waals surface area contributed by atoms with Gasteiger partial charge in [0.05, 0.1) is 0 Å². The molecule has 1 saturated heterocycles. The molecule has 0 radical (unpaired) electrons. The topological polar surface area (TPSA) is 41.1 Å². The average molecular weight is 246 g/mol. The van der Waals surface area contributed by atoms with E-state index in [4.69, 9.17) is 0 Å². The number of nitrogens with one attached hydrogen (secondary N) is 2. The van der Waals surface area contributed by atoms with Gasteiger partial charge in [0, 0.05) is 18.2 Å². The summed E-state index contributed by atoms with van der Waals surface area (Å²) in [6.07, 6.45) is 3.67. The largest absolute Gasteiger partial charge is 0.350 e. The van der Waals surface area contributed by atoms with Crippen molar-refractivity contribution in [2.75, 3.05) is 13.1 Å². The van der Waals surface area contributed by atoms with E-state index in [1.54, 1.807) is 0 Å². The molecule has 1 fully saturated rings. The van der Waals surface area contributed by atoms with Crippen molar-refractivity contribution in [1.82, 2.24) is 10.6 Å². The van der Waals surface area contributed by atoms with Gasteiger partial charge in [0.25, 0.3) is 5.91 Å². The monoisotopic (exact) mass is 246 g/mol. The molecule has 0 aliphatic carbocycles. The predicted octanol–water partition coefficient (Wildman–Crippen LogP) is 2.18. The van der Waals surface area contributed by atoms with E-state index in [1.807, 2.05) is 32.0 Å². The molecule has 0 aromatic heterocycles. The van der Waals surface area contributed by atoms with Crippen molar-refractivity contribution in [2.24, 2.45) is 0 Å². The van der Waals surface area contributed by atoms with Crippen molar-refractivity contribution in [2.45, 2.75) is 39.2 Å². The highest BCUT2D eigenvalue weighted by Gasteiger charge is 2.14. The Bertz CT molecular complexity index is 423. The Hall–Kier alpha value is -1.35. The molecule has 3 heteroatoms. The number of piperidine rings is 1. The Kier molecular flexibility index (Phi) is 4.37. The van der Waals surface area contributed by atoms with Gasteiger partial charge in [-0.2, -0.15) is 0 Å². The lowest BCUT2D eigenvalue weighted by atomic mass is 10.0. The number of carbonyl (C=O) groups is 1. The Balaban J connectivity index is 1.92. The van der Waals surface area contributed by atoms with Crippen molar-refractivity contribution in [3.63, 3.8) is 0 Å². The van der Waals surface area contributed by atoms with Gasteiger partial charge in [-0.25, -0.2) is 0 Å². The molecule has 18 heavy (non-hydrogen) atoms. The minimum Gasteiger partial charge on any atom is -0.350 e. The zero-order valence-electron chi connectivity index (χ0n) is 11.3. The molecule has 2 rings (SSSR count). The number of hydrogen-bond acceptors (Lipinski definition) is 2. The van der Waals surface area contributed by atoms with Crippen LogP contribution in [0.15, 0.2) is 18.2 Å². The minimum absolute atomic E-state index is 0.0450. The van der Waals surface area contributed by atoms with Crippen LogP contribution in [-0.4, -0.2) is 25.0 Å². The summed E-state index contributed by atoms with van der Waals surface area (Å²) in [7, 11) is 0. The fourth-order valence-corrected chi connectivity index (χ4v) is 2.39. The second-order valence-corrected chi connectivity index (χ2v) is 5.18. The van der Waals surface area contributed by atoms with Crippen molar-refractivity contribution in [3.05, 3.63) is 34.9 Å². The number of benzene rings is 1. The molecule has 1 unspecified atom stereocenters. The first-order valence-electron chi connectivity index (χ1n) is 6.75. The number of carbonyl (C=O) groups excluding carboxylic acids is 1. The van der Waals surface area contributed by atoms with Crippen LogP contribution in [-0.2, 0) is 0 Å². The van der Waals surface area contributed by atoms with Crippen LogP contribution >= 0.6 is 0 Å². The second-order valence-electron chi connectivity index (χ2n) is 5.18. The molecule has 98 valence electrons. The molecule has 1 aromatic rings. The number of aryl methyl sites for hydroxylation is 2. The second kappa shape index (κ2) is 6.01. The highest BCUT2D eigenvalue weighted by Crippen LogP contribution is 2.11. The molecule has 1 amide bonds. The summed E-state index contributed by atoms with van der Waals surface area (Å²) in [6, 6.07) is 6.43. The van der Waals surface area contributed by atoms with Gasteiger partial charge in [0.15, 0.2) is 0 Å². The lowest BCUT2D eigenvalue weighted by Gasteiger charge is -2.23. The molecule has 2 N–H and O–H groups in total. The van der Waals surface area contributed by atoms with Crippen LogP contribution in [0.25, 0.3) is 0 Å². The van der Waals surface area contributed by atoms with Gasteiger partial charge < -0.3 is 10.6 Å². The SMILES string of the molecule is Cc1ccc(C)c(C(=O)NCC2CCCCN2)c1. The molecule has 1 heterocycles. The van der Waals surface area contributed by atoms with Crippen LogP contribution in [0, 0.1) is 13.8 Å². The van der Waals surface area contributed by atoms with Crippen molar-refractivity contribution in [1.29, 1.82) is 0 Å². The van der Waals surface area contributed by atoms with Gasteiger partial charge in [-0.15, -0.1) is 0 Å². The first-order valence-corrected chi connectivity index (χ1v) is 6.75. The fraction of sp³-hybridized carbons (Fsp3) is 0.533. The van der Waals surface area contributed by atoms with Crippen LogP contribution in [0.1, 0.15) is 40.7 Å². The van der Waals surface area contributed by atoms with E-state index in [9.17, 15) is 4.79 Å². The van der Waals surface area contributed by atoms with Crippen LogP contribution in [0.4, 0.5) is 0 Å². The van der Waals surface area contributed by atoms with E-state index in [0.717, 1.165) is 36.2 Å². The van der Waals surface area contributed by atoms with Crippen LogP contribution < -0.4 is 10.6 Å². The van der Waals surface area contributed by atoms with E-state index >= 15 is 0 Å². The quantitative estimate of drug-likeness (QED) is 0.858. The Morgan fingerprint density at radius 3 is 2.94 bits per heavy atom. The van der Waals surface area contributed by atoms with E-state index in [0.29, 0.717) is 6.04 Å². The van der Waals surface area contributed by atoms with Gasteiger partial charge in [-0.3, -0.25) is 4.79 Å². The smallest absolute Gasteiger partial charge is 0.251 e. The summed E-state index contributed by atoms with van der Waals surface area (Å²) in [5.74, 6) is 0.0450. The maximum Gasteiger partial charge on any atom is 0.251 e. The molecule has 3 nitrogen and oxygen atoms in total. The van der Waals surface area contributed by atoms with Crippen molar-refractivity contribution < 1.29 is 4.79 Å². The zero-order chi connectivity index (χ0) is 13.0. The molecule has 0 bridgehead atoms. The summed E-state index contributed by atoms with van der Waals surface area (Å²) in [5.41, 5.74) is 2.96. The Morgan fingerprint density at radius 2 is 2.22 bits per heavy atom. The summed E-state index contributed by atoms with van der Waals surface area (Å²) < 4.78 is 0. The van der Waals surface area contributed by atoms with Gasteiger partial charge >= 0.3 is 0 Å². The number of rotatable bonds is 3. The van der Waals surface area contributed by atoms with E-state index < -0.39 is 0 Å². The average Bonchev–Trinajstić information content (AvgIpc) is 2.40. The normalized spacial score (nSPS) is 19.6. The zero-order valence-corrected chi connectivity index (χ0v) is 11.3. The molecule has 1 aliphatic rings. The number of amides is 1. The molecule has 0 saturated carbocycles. The summed E-state index contributed by atoms with van der Waals surface area (Å²) in [6.45, 7) is 5.79. The lowest BCUT2D eigenvalue weighted by molar-refractivity contribution is 0.0947. The highest BCUT2D eigenvalue weighted by molar-refractivity contribution is 5.95. The van der Waals surface area contributed by atoms with Gasteiger partial charge in [-0.1, -0.05) is 24.1 Å². The number of hydrogen-bond donors (Lipinski definition) is 2. The molecule has 1 aliphatic heterocycles. The van der Waals surface area contributed by atoms with Gasteiger partial charge in [-0.05, 0) is 44.9 Å². The maximum absolute atomic E-state index is 12.1. The Labute approximate surface area is 109 Å². The third kappa shape index (κ3) is 3.33. The molecule has 0 spiro atoms. The molecule has 1 atom stereocenters. The van der Waals surface area contributed by atoms with E-state index in [1.165, 1.54) is 12.8 Å². The van der Waals surface area contributed by atoms with Crippen molar-refractivity contribution in [3.8, 4) is 0 Å².